The number of hydrogen-bond donors (Lipinski definition) is 0. The van der Waals surface area contributed by atoms with Crippen LogP contribution in [-0.2, 0) is 9.59 Å². The third kappa shape index (κ3) is 3.27. The Morgan fingerprint density at radius 1 is 0.606 bits per heavy atom. The van der Waals surface area contributed by atoms with Gasteiger partial charge in [-0.05, 0) is 127 Å². The topological polar surface area (TPSA) is 43.9 Å². The second-order valence-corrected chi connectivity index (χ2v) is 14.2. The fourth-order valence-electron chi connectivity index (χ4n) is 10.9. The molecule has 9 rings (SSSR count). The highest BCUT2D eigenvalue weighted by molar-refractivity contribution is 5.86. The molecule has 2 amide bonds. The second-order valence-electron chi connectivity index (χ2n) is 14.2. The zero-order chi connectivity index (χ0) is 22.5. The van der Waals surface area contributed by atoms with E-state index < -0.39 is 0 Å². The van der Waals surface area contributed by atoms with Crippen LogP contribution < -0.4 is 0 Å². The standard InChI is InChI=1S/C28H43N3O2/c1-29(2)24-15-30(25(32)27-9-18-3-19(10-27)5-20(4-18)11-27)17-31(16-24)26(33)28-12-21-6-22(13-28)8-23(7-21)14-28/h18-24H,3-17H2,1-2H3. The van der Waals surface area contributed by atoms with Crippen LogP contribution >= 0.6 is 0 Å². The third-order valence-electron chi connectivity index (χ3n) is 11.5. The van der Waals surface area contributed by atoms with Gasteiger partial charge in [0.05, 0.1) is 17.5 Å². The highest BCUT2D eigenvalue weighted by atomic mass is 16.2. The minimum absolute atomic E-state index is 0.113. The number of hydrogen-bond acceptors (Lipinski definition) is 3. The molecule has 5 nitrogen and oxygen atoms in total. The fraction of sp³-hybridized carbons (Fsp3) is 0.929. The van der Waals surface area contributed by atoms with E-state index in [1.54, 1.807) is 0 Å². The smallest absolute Gasteiger partial charge is 0.230 e. The van der Waals surface area contributed by atoms with Crippen LogP contribution in [0.5, 0.6) is 0 Å². The van der Waals surface area contributed by atoms with Gasteiger partial charge in [-0.3, -0.25) is 9.59 Å². The average Bonchev–Trinajstić information content (AvgIpc) is 2.76. The van der Waals surface area contributed by atoms with Crippen molar-refractivity contribution in [2.75, 3.05) is 33.9 Å². The van der Waals surface area contributed by atoms with Gasteiger partial charge in [0.25, 0.3) is 0 Å². The van der Waals surface area contributed by atoms with E-state index in [0.29, 0.717) is 18.5 Å². The molecular formula is C28H43N3O2. The fourth-order valence-corrected chi connectivity index (χ4v) is 10.9. The van der Waals surface area contributed by atoms with Crippen LogP contribution in [0.3, 0.4) is 0 Å². The van der Waals surface area contributed by atoms with E-state index in [-0.39, 0.29) is 16.9 Å². The molecule has 33 heavy (non-hydrogen) atoms. The Morgan fingerprint density at radius 2 is 0.909 bits per heavy atom. The molecule has 8 saturated carbocycles. The van der Waals surface area contributed by atoms with E-state index in [1.165, 1.54) is 38.5 Å². The summed E-state index contributed by atoms with van der Waals surface area (Å²) in [4.78, 5) is 34.9. The SMILES string of the molecule is CN(C)C1CN(C(=O)C23CC4CC(CC(C4)C2)C3)CN(C(=O)C23CC4CC(CC(C4)C2)C3)C1. The molecule has 182 valence electrons. The first-order chi connectivity index (χ1) is 15.8. The van der Waals surface area contributed by atoms with Crippen molar-refractivity contribution in [3.63, 3.8) is 0 Å². The summed E-state index contributed by atoms with van der Waals surface area (Å²) in [6, 6.07) is 0.245. The zero-order valence-electron chi connectivity index (χ0n) is 20.8. The highest BCUT2D eigenvalue weighted by Crippen LogP contribution is 2.62. The molecule has 1 saturated heterocycles. The summed E-state index contributed by atoms with van der Waals surface area (Å²) in [6.45, 7) is 2.13. The van der Waals surface area contributed by atoms with Gasteiger partial charge in [0, 0.05) is 19.1 Å². The largest absolute Gasteiger partial charge is 0.323 e. The molecule has 0 unspecified atom stereocenters. The van der Waals surface area contributed by atoms with Crippen LogP contribution in [0.4, 0.5) is 0 Å². The van der Waals surface area contributed by atoms with Gasteiger partial charge < -0.3 is 14.7 Å². The van der Waals surface area contributed by atoms with Gasteiger partial charge in [-0.25, -0.2) is 0 Å². The van der Waals surface area contributed by atoms with Crippen LogP contribution in [0.2, 0.25) is 0 Å². The van der Waals surface area contributed by atoms with Crippen molar-refractivity contribution in [1.82, 2.24) is 14.7 Å². The quantitative estimate of drug-likeness (QED) is 0.649. The van der Waals surface area contributed by atoms with Gasteiger partial charge >= 0.3 is 0 Å². The minimum Gasteiger partial charge on any atom is -0.323 e. The van der Waals surface area contributed by atoms with Crippen LogP contribution in [0.15, 0.2) is 0 Å². The van der Waals surface area contributed by atoms with Gasteiger partial charge in [0.2, 0.25) is 11.8 Å². The molecule has 0 atom stereocenters. The molecule has 0 spiro atoms. The molecule has 0 N–H and O–H groups in total. The molecule has 9 fully saturated rings. The van der Waals surface area contributed by atoms with E-state index in [9.17, 15) is 9.59 Å². The Morgan fingerprint density at radius 3 is 1.18 bits per heavy atom. The number of nitrogens with zero attached hydrogens (tertiary/aromatic N) is 3. The Labute approximate surface area is 199 Å². The Hall–Kier alpha value is -1.10. The normalized spacial score (nSPS) is 49.8. The van der Waals surface area contributed by atoms with Crippen molar-refractivity contribution in [2.24, 2.45) is 46.3 Å². The molecule has 0 radical (unpaired) electrons. The number of carbonyl (C=O) groups is 2. The molecule has 0 aromatic rings. The highest BCUT2D eigenvalue weighted by Gasteiger charge is 2.58. The number of rotatable bonds is 3. The van der Waals surface area contributed by atoms with Crippen LogP contribution in [0.25, 0.3) is 0 Å². The molecule has 0 aromatic carbocycles. The molecule has 1 heterocycles. The molecular weight excluding hydrogens is 410 g/mol. The first-order valence-corrected chi connectivity index (χ1v) is 14.1. The maximum absolute atomic E-state index is 14.2. The predicted molar refractivity (Wildman–Crippen MR) is 127 cm³/mol. The Bertz CT molecular complexity index is 716. The Balaban J connectivity index is 1.14. The van der Waals surface area contributed by atoms with Gasteiger partial charge in [0.1, 0.15) is 0 Å². The number of amides is 2. The molecule has 8 aliphatic carbocycles. The van der Waals surface area contributed by atoms with Crippen molar-refractivity contribution in [1.29, 1.82) is 0 Å². The Kier molecular flexibility index (Phi) is 4.63. The van der Waals surface area contributed by atoms with Crippen LogP contribution in [0, 0.1) is 46.3 Å². The van der Waals surface area contributed by atoms with E-state index in [0.717, 1.165) is 87.1 Å². The average molecular weight is 454 g/mol. The van der Waals surface area contributed by atoms with Gasteiger partial charge in [0.15, 0.2) is 0 Å². The summed E-state index contributed by atoms with van der Waals surface area (Å²) in [6.07, 6.45) is 14.9. The summed E-state index contributed by atoms with van der Waals surface area (Å²) >= 11 is 0. The van der Waals surface area contributed by atoms with Gasteiger partial charge in [-0.1, -0.05) is 0 Å². The van der Waals surface area contributed by atoms with Crippen molar-refractivity contribution in [2.45, 2.75) is 83.1 Å². The maximum Gasteiger partial charge on any atom is 0.230 e. The lowest BCUT2D eigenvalue weighted by molar-refractivity contribution is -0.172. The van der Waals surface area contributed by atoms with Crippen LogP contribution in [-0.4, -0.2) is 66.4 Å². The molecule has 1 aliphatic heterocycles. The zero-order valence-corrected chi connectivity index (χ0v) is 20.8. The lowest BCUT2D eigenvalue weighted by Gasteiger charge is -2.59. The second kappa shape index (κ2) is 7.21. The first-order valence-electron chi connectivity index (χ1n) is 14.1. The van der Waals surface area contributed by atoms with E-state index in [4.69, 9.17) is 0 Å². The van der Waals surface area contributed by atoms with Crippen molar-refractivity contribution in [3.05, 3.63) is 0 Å². The summed E-state index contributed by atoms with van der Waals surface area (Å²) in [5.74, 6) is 5.46. The van der Waals surface area contributed by atoms with Gasteiger partial charge in [-0.2, -0.15) is 0 Å². The lowest BCUT2D eigenvalue weighted by Crippen LogP contribution is -2.65. The molecule has 8 bridgehead atoms. The van der Waals surface area contributed by atoms with Crippen molar-refractivity contribution >= 4 is 11.8 Å². The minimum atomic E-state index is -0.113. The monoisotopic (exact) mass is 453 g/mol. The molecule has 9 aliphatic rings. The van der Waals surface area contributed by atoms with Crippen LogP contribution in [0.1, 0.15) is 77.0 Å². The van der Waals surface area contributed by atoms with Crippen molar-refractivity contribution < 1.29 is 9.59 Å². The third-order valence-corrected chi connectivity index (χ3v) is 11.5. The van der Waals surface area contributed by atoms with E-state index in [1.807, 2.05) is 0 Å². The molecule has 0 aromatic heterocycles. The first kappa shape index (κ1) is 21.2. The number of carbonyl (C=O) groups excluding carboxylic acids is 2. The summed E-state index contributed by atoms with van der Waals surface area (Å²) < 4.78 is 0. The van der Waals surface area contributed by atoms with E-state index in [2.05, 4.69) is 28.8 Å². The summed E-state index contributed by atoms with van der Waals surface area (Å²) in [7, 11) is 4.24. The maximum atomic E-state index is 14.2. The van der Waals surface area contributed by atoms with Gasteiger partial charge in [-0.15, -0.1) is 0 Å². The summed E-state index contributed by atoms with van der Waals surface area (Å²) in [5.41, 5.74) is -0.225. The lowest BCUT2D eigenvalue weighted by atomic mass is 9.49. The summed E-state index contributed by atoms with van der Waals surface area (Å²) in [5, 5.41) is 0. The van der Waals surface area contributed by atoms with E-state index >= 15 is 0 Å². The number of likely N-dealkylation sites (N-methyl/N-ethyl adjacent to an activating group) is 1. The molecule has 5 heteroatoms. The predicted octanol–water partition coefficient (Wildman–Crippen LogP) is 3.98. The van der Waals surface area contributed by atoms with Crippen molar-refractivity contribution in [3.8, 4) is 0 Å².